The maximum Gasteiger partial charge on any atom is 0.264 e. The van der Waals surface area contributed by atoms with Gasteiger partial charge in [-0.2, -0.15) is 0 Å². The van der Waals surface area contributed by atoms with Crippen molar-refractivity contribution in [3.63, 3.8) is 0 Å². The average Bonchev–Trinajstić information content (AvgIpc) is 3.03. The van der Waals surface area contributed by atoms with Crippen molar-refractivity contribution < 1.29 is 17.9 Å². The highest BCUT2D eigenvalue weighted by molar-refractivity contribution is 8.13. The minimum atomic E-state index is -3.91. The van der Waals surface area contributed by atoms with E-state index in [9.17, 15) is 13.2 Å². The highest BCUT2D eigenvalue weighted by Gasteiger charge is 2.33. The Morgan fingerprint density at radius 3 is 2.65 bits per heavy atom. The quantitative estimate of drug-likeness (QED) is 0.839. The van der Waals surface area contributed by atoms with Crippen molar-refractivity contribution in [2.45, 2.75) is 30.7 Å². The maximum atomic E-state index is 11.8. The Balaban J connectivity index is 2.14. The van der Waals surface area contributed by atoms with E-state index < -0.39 is 9.05 Å². The van der Waals surface area contributed by atoms with Gasteiger partial charge in [0, 0.05) is 16.7 Å². The summed E-state index contributed by atoms with van der Waals surface area (Å²) in [5.74, 6) is 0.566. The Morgan fingerprint density at radius 2 is 2.15 bits per heavy atom. The predicted octanol–water partition coefficient (Wildman–Crippen LogP) is 1.69. The van der Waals surface area contributed by atoms with E-state index in [0.717, 1.165) is 6.42 Å². The molecule has 0 heterocycles. The molecule has 0 aromatic heterocycles. The summed E-state index contributed by atoms with van der Waals surface area (Å²) in [7, 11) is 2.81. The van der Waals surface area contributed by atoms with Gasteiger partial charge in [-0.25, -0.2) is 8.42 Å². The zero-order valence-electron chi connectivity index (χ0n) is 11.2. The standard InChI is InChI=1S/C13H16ClNO4S/c1-8-5-10(8)15-13(16)7-9-3-4-11(19-2)12(6-9)20(14,17)18/h3-4,6,8,10H,5,7H2,1-2H3,(H,15,16). The maximum absolute atomic E-state index is 11.8. The molecule has 0 saturated heterocycles. The van der Waals surface area contributed by atoms with Crippen LogP contribution in [-0.2, 0) is 20.3 Å². The van der Waals surface area contributed by atoms with Gasteiger partial charge in [0.15, 0.2) is 0 Å². The van der Waals surface area contributed by atoms with E-state index in [0.29, 0.717) is 11.5 Å². The molecule has 1 fully saturated rings. The third-order valence-corrected chi connectivity index (χ3v) is 4.65. The molecule has 0 spiro atoms. The van der Waals surface area contributed by atoms with Crippen molar-refractivity contribution in [3.05, 3.63) is 23.8 Å². The van der Waals surface area contributed by atoms with E-state index in [1.165, 1.54) is 19.2 Å². The lowest BCUT2D eigenvalue weighted by Gasteiger charge is -2.09. The number of hydrogen-bond donors (Lipinski definition) is 1. The molecule has 1 aromatic rings. The number of benzene rings is 1. The Bertz CT molecular complexity index is 629. The van der Waals surface area contributed by atoms with Crippen LogP contribution < -0.4 is 10.1 Å². The lowest BCUT2D eigenvalue weighted by Crippen LogP contribution is -2.28. The average molecular weight is 318 g/mol. The summed E-state index contributed by atoms with van der Waals surface area (Å²) >= 11 is 0. The molecule has 0 radical (unpaired) electrons. The van der Waals surface area contributed by atoms with Crippen LogP contribution in [0.5, 0.6) is 5.75 Å². The van der Waals surface area contributed by atoms with Crippen LogP contribution in [0.2, 0.25) is 0 Å². The second kappa shape index (κ2) is 5.61. The Hall–Kier alpha value is -1.27. The third kappa shape index (κ3) is 3.64. The molecule has 0 bridgehead atoms. The monoisotopic (exact) mass is 317 g/mol. The molecule has 110 valence electrons. The molecule has 1 N–H and O–H groups in total. The summed E-state index contributed by atoms with van der Waals surface area (Å²) in [6, 6.07) is 4.77. The normalized spacial score (nSPS) is 21.4. The Labute approximate surface area is 122 Å². The number of carbonyl (C=O) groups excluding carboxylic acids is 1. The fourth-order valence-electron chi connectivity index (χ4n) is 1.99. The van der Waals surface area contributed by atoms with Crippen LogP contribution in [0.1, 0.15) is 18.9 Å². The van der Waals surface area contributed by atoms with Crippen molar-refractivity contribution in [2.75, 3.05) is 7.11 Å². The number of ether oxygens (including phenoxy) is 1. The van der Waals surface area contributed by atoms with Gasteiger partial charge in [0.25, 0.3) is 9.05 Å². The smallest absolute Gasteiger partial charge is 0.264 e. The van der Waals surface area contributed by atoms with Gasteiger partial charge >= 0.3 is 0 Å². The van der Waals surface area contributed by atoms with Gasteiger partial charge in [-0.1, -0.05) is 13.0 Å². The van der Waals surface area contributed by atoms with Crippen LogP contribution in [0.15, 0.2) is 23.1 Å². The zero-order chi connectivity index (χ0) is 14.9. The molecular weight excluding hydrogens is 302 g/mol. The van der Waals surface area contributed by atoms with Gasteiger partial charge in [-0.05, 0) is 30.0 Å². The largest absolute Gasteiger partial charge is 0.495 e. The van der Waals surface area contributed by atoms with E-state index in [1.54, 1.807) is 6.07 Å². The first-order chi connectivity index (χ1) is 9.31. The van der Waals surface area contributed by atoms with Crippen LogP contribution in [-0.4, -0.2) is 27.5 Å². The lowest BCUT2D eigenvalue weighted by atomic mass is 10.1. The van der Waals surface area contributed by atoms with Crippen molar-refractivity contribution in [3.8, 4) is 5.75 Å². The van der Waals surface area contributed by atoms with Gasteiger partial charge in [-0.15, -0.1) is 0 Å². The SMILES string of the molecule is COc1ccc(CC(=O)NC2CC2C)cc1S(=O)(=O)Cl. The Kier molecular flexibility index (Phi) is 4.25. The van der Waals surface area contributed by atoms with E-state index >= 15 is 0 Å². The molecule has 1 aliphatic carbocycles. The number of amides is 1. The molecule has 1 saturated carbocycles. The molecular formula is C13H16ClNO4S. The lowest BCUT2D eigenvalue weighted by molar-refractivity contribution is -0.120. The van der Waals surface area contributed by atoms with Gasteiger partial charge in [-0.3, -0.25) is 4.79 Å². The summed E-state index contributed by atoms with van der Waals surface area (Å²) in [6.07, 6.45) is 1.11. The van der Waals surface area contributed by atoms with Crippen LogP contribution in [0.3, 0.4) is 0 Å². The third-order valence-electron chi connectivity index (χ3n) is 3.31. The molecule has 2 atom stereocenters. The number of halogens is 1. The molecule has 0 aliphatic heterocycles. The van der Waals surface area contributed by atoms with Crippen molar-refractivity contribution >= 4 is 25.6 Å². The molecule has 2 rings (SSSR count). The fourth-order valence-corrected chi connectivity index (χ4v) is 3.03. The highest BCUT2D eigenvalue weighted by Crippen LogP contribution is 2.30. The first-order valence-corrected chi connectivity index (χ1v) is 8.53. The number of methoxy groups -OCH3 is 1. The fraction of sp³-hybridized carbons (Fsp3) is 0.462. The van der Waals surface area contributed by atoms with Crippen LogP contribution >= 0.6 is 10.7 Å². The van der Waals surface area contributed by atoms with E-state index in [2.05, 4.69) is 12.2 Å². The summed E-state index contributed by atoms with van der Waals surface area (Å²) in [6.45, 7) is 2.07. The first kappa shape index (κ1) is 15.1. The molecule has 1 amide bonds. The molecule has 7 heteroatoms. The van der Waals surface area contributed by atoms with Crippen LogP contribution in [0.4, 0.5) is 0 Å². The van der Waals surface area contributed by atoms with E-state index in [4.69, 9.17) is 15.4 Å². The second-order valence-electron chi connectivity index (χ2n) is 4.99. The zero-order valence-corrected chi connectivity index (χ0v) is 12.8. The molecule has 20 heavy (non-hydrogen) atoms. The van der Waals surface area contributed by atoms with Gasteiger partial charge in [0.2, 0.25) is 5.91 Å². The van der Waals surface area contributed by atoms with Gasteiger partial charge < -0.3 is 10.1 Å². The predicted molar refractivity (Wildman–Crippen MR) is 75.4 cm³/mol. The highest BCUT2D eigenvalue weighted by atomic mass is 35.7. The summed E-state index contributed by atoms with van der Waals surface area (Å²) in [5.41, 5.74) is 0.579. The van der Waals surface area contributed by atoms with E-state index in [1.807, 2.05) is 0 Å². The molecule has 2 unspecified atom stereocenters. The molecule has 1 aromatic carbocycles. The van der Waals surface area contributed by atoms with Crippen molar-refractivity contribution in [1.82, 2.24) is 5.32 Å². The van der Waals surface area contributed by atoms with Crippen molar-refractivity contribution in [1.29, 1.82) is 0 Å². The molecule has 5 nitrogen and oxygen atoms in total. The minimum Gasteiger partial charge on any atom is -0.495 e. The number of hydrogen-bond acceptors (Lipinski definition) is 4. The van der Waals surface area contributed by atoms with Gasteiger partial charge in [0.1, 0.15) is 10.6 Å². The van der Waals surface area contributed by atoms with Crippen molar-refractivity contribution in [2.24, 2.45) is 5.92 Å². The Morgan fingerprint density at radius 1 is 1.50 bits per heavy atom. The minimum absolute atomic E-state index is 0.118. The van der Waals surface area contributed by atoms with Crippen LogP contribution in [0.25, 0.3) is 0 Å². The molecule has 1 aliphatic rings. The topological polar surface area (TPSA) is 72.5 Å². The summed E-state index contributed by atoms with van der Waals surface area (Å²) in [5, 5.41) is 2.89. The van der Waals surface area contributed by atoms with Gasteiger partial charge in [0.05, 0.1) is 13.5 Å². The summed E-state index contributed by atoms with van der Waals surface area (Å²) in [4.78, 5) is 11.7. The van der Waals surface area contributed by atoms with E-state index in [-0.39, 0.29) is 29.0 Å². The number of rotatable bonds is 5. The first-order valence-electron chi connectivity index (χ1n) is 6.22. The summed E-state index contributed by atoms with van der Waals surface area (Å²) < 4.78 is 27.9. The number of carbonyl (C=O) groups is 1. The second-order valence-corrected chi connectivity index (χ2v) is 7.52. The van der Waals surface area contributed by atoms with Crippen LogP contribution in [0, 0.1) is 5.92 Å². The number of nitrogens with one attached hydrogen (secondary N) is 1.